The van der Waals surface area contributed by atoms with Crippen molar-refractivity contribution in [3.63, 3.8) is 0 Å². The Bertz CT molecular complexity index is 872. The highest BCUT2D eigenvalue weighted by atomic mass is 19.1. The molecule has 3 aromatic rings. The Labute approximate surface area is 146 Å². The van der Waals surface area contributed by atoms with E-state index >= 15 is 0 Å². The van der Waals surface area contributed by atoms with Crippen molar-refractivity contribution in [3.05, 3.63) is 95.3 Å². The Balaban J connectivity index is 1.77. The van der Waals surface area contributed by atoms with Crippen molar-refractivity contribution in [3.8, 4) is 0 Å². The Morgan fingerprint density at radius 1 is 0.920 bits per heavy atom. The van der Waals surface area contributed by atoms with E-state index in [9.17, 15) is 8.78 Å². The van der Waals surface area contributed by atoms with Crippen molar-refractivity contribution in [2.75, 3.05) is 6.54 Å². The van der Waals surface area contributed by atoms with Gasteiger partial charge in [0.2, 0.25) is 0 Å². The predicted octanol–water partition coefficient (Wildman–Crippen LogP) is 4.76. The summed E-state index contributed by atoms with van der Waals surface area (Å²) >= 11 is 0. The SMILES string of the molecule is Fc1cccc([C@@H]2c3cccn3CCCN2Cc2ccccc2F)c1. The third-order valence-electron chi connectivity index (χ3n) is 4.85. The highest BCUT2D eigenvalue weighted by Gasteiger charge is 2.28. The van der Waals surface area contributed by atoms with Gasteiger partial charge in [0.15, 0.2) is 0 Å². The summed E-state index contributed by atoms with van der Waals surface area (Å²) in [5, 5.41) is 0. The summed E-state index contributed by atoms with van der Waals surface area (Å²) in [6, 6.07) is 17.6. The van der Waals surface area contributed by atoms with E-state index in [2.05, 4.69) is 21.7 Å². The van der Waals surface area contributed by atoms with Crippen LogP contribution in [0.3, 0.4) is 0 Å². The minimum atomic E-state index is -0.245. The molecule has 2 nitrogen and oxygen atoms in total. The molecule has 25 heavy (non-hydrogen) atoms. The number of hydrogen-bond donors (Lipinski definition) is 0. The zero-order valence-corrected chi connectivity index (χ0v) is 13.9. The maximum Gasteiger partial charge on any atom is 0.127 e. The molecule has 0 saturated heterocycles. The second-order valence-corrected chi connectivity index (χ2v) is 6.50. The number of aromatic nitrogens is 1. The van der Waals surface area contributed by atoms with Gasteiger partial charge in [-0.3, -0.25) is 4.90 Å². The summed E-state index contributed by atoms with van der Waals surface area (Å²) in [5.74, 6) is -0.439. The minimum absolute atomic E-state index is 0.0900. The molecule has 0 amide bonds. The lowest BCUT2D eigenvalue weighted by molar-refractivity contribution is 0.217. The van der Waals surface area contributed by atoms with Gasteiger partial charge in [-0.1, -0.05) is 30.3 Å². The summed E-state index contributed by atoms with van der Waals surface area (Å²) in [6.45, 7) is 2.25. The molecule has 2 heterocycles. The van der Waals surface area contributed by atoms with E-state index < -0.39 is 0 Å². The monoisotopic (exact) mass is 338 g/mol. The second kappa shape index (κ2) is 6.81. The van der Waals surface area contributed by atoms with E-state index in [4.69, 9.17) is 0 Å². The van der Waals surface area contributed by atoms with Crippen LogP contribution in [0.5, 0.6) is 0 Å². The van der Waals surface area contributed by atoms with Gasteiger partial charge in [-0.25, -0.2) is 8.78 Å². The topological polar surface area (TPSA) is 8.17 Å². The standard InChI is InChI=1S/C21H20F2N2/c22-18-8-3-7-16(14-18)21-20-10-4-11-24(20)12-5-13-25(21)15-17-6-1-2-9-19(17)23/h1-4,6-11,14,21H,5,12-13,15H2/t21-/m1/s1. The molecular weight excluding hydrogens is 318 g/mol. The van der Waals surface area contributed by atoms with Gasteiger partial charge in [0, 0.05) is 37.1 Å². The normalized spacial score (nSPS) is 17.9. The maximum atomic E-state index is 14.2. The lowest BCUT2D eigenvalue weighted by Crippen LogP contribution is -2.30. The molecule has 4 heteroatoms. The van der Waals surface area contributed by atoms with E-state index in [1.165, 1.54) is 12.1 Å². The van der Waals surface area contributed by atoms with E-state index in [1.54, 1.807) is 18.2 Å². The van der Waals surface area contributed by atoms with Crippen LogP contribution in [0.1, 0.15) is 29.3 Å². The molecule has 1 aliphatic rings. The number of fused-ring (bicyclic) bond motifs is 1. The van der Waals surface area contributed by atoms with Crippen LogP contribution in [-0.4, -0.2) is 16.0 Å². The molecule has 0 N–H and O–H groups in total. The van der Waals surface area contributed by atoms with Crippen LogP contribution in [0.25, 0.3) is 0 Å². The van der Waals surface area contributed by atoms with Crippen LogP contribution >= 0.6 is 0 Å². The Morgan fingerprint density at radius 2 is 1.80 bits per heavy atom. The fraction of sp³-hybridized carbons (Fsp3) is 0.238. The predicted molar refractivity (Wildman–Crippen MR) is 94.1 cm³/mol. The summed E-state index contributed by atoms with van der Waals surface area (Å²) in [6.07, 6.45) is 3.04. The van der Waals surface area contributed by atoms with Crippen LogP contribution in [-0.2, 0) is 13.1 Å². The van der Waals surface area contributed by atoms with Crippen molar-refractivity contribution in [2.24, 2.45) is 0 Å². The maximum absolute atomic E-state index is 14.2. The molecule has 0 unspecified atom stereocenters. The van der Waals surface area contributed by atoms with Gasteiger partial charge in [-0.15, -0.1) is 0 Å². The summed E-state index contributed by atoms with van der Waals surface area (Å²) < 4.78 is 30.3. The quantitative estimate of drug-likeness (QED) is 0.668. The smallest absolute Gasteiger partial charge is 0.127 e. The summed E-state index contributed by atoms with van der Waals surface area (Å²) in [7, 11) is 0. The molecule has 1 atom stereocenters. The first-order valence-corrected chi connectivity index (χ1v) is 8.60. The molecular formula is C21H20F2N2. The van der Waals surface area contributed by atoms with E-state index in [0.29, 0.717) is 12.1 Å². The number of rotatable bonds is 3. The molecule has 1 aromatic heterocycles. The van der Waals surface area contributed by atoms with Gasteiger partial charge < -0.3 is 4.57 Å². The molecule has 2 aromatic carbocycles. The molecule has 4 rings (SSSR count). The second-order valence-electron chi connectivity index (χ2n) is 6.50. The molecule has 1 aliphatic heterocycles. The third kappa shape index (κ3) is 3.22. The van der Waals surface area contributed by atoms with Gasteiger partial charge in [0.25, 0.3) is 0 Å². The fourth-order valence-corrected chi connectivity index (χ4v) is 3.71. The Morgan fingerprint density at radius 3 is 2.64 bits per heavy atom. The van der Waals surface area contributed by atoms with Crippen molar-refractivity contribution in [1.29, 1.82) is 0 Å². The van der Waals surface area contributed by atoms with Gasteiger partial charge in [-0.2, -0.15) is 0 Å². The first-order chi connectivity index (χ1) is 12.2. The molecule has 0 radical (unpaired) electrons. The van der Waals surface area contributed by atoms with Crippen molar-refractivity contribution in [2.45, 2.75) is 25.6 Å². The highest BCUT2D eigenvalue weighted by Crippen LogP contribution is 2.33. The van der Waals surface area contributed by atoms with Crippen molar-refractivity contribution < 1.29 is 8.78 Å². The van der Waals surface area contributed by atoms with Crippen LogP contribution < -0.4 is 0 Å². The van der Waals surface area contributed by atoms with Crippen molar-refractivity contribution in [1.82, 2.24) is 9.47 Å². The van der Waals surface area contributed by atoms with Gasteiger partial charge >= 0.3 is 0 Å². The minimum Gasteiger partial charge on any atom is -0.350 e. The van der Waals surface area contributed by atoms with E-state index in [1.807, 2.05) is 24.3 Å². The number of aryl methyl sites for hydroxylation is 1. The largest absolute Gasteiger partial charge is 0.350 e. The molecule has 0 aliphatic carbocycles. The first kappa shape index (κ1) is 16.0. The number of nitrogens with zero attached hydrogens (tertiary/aromatic N) is 2. The number of halogens is 2. The zero-order chi connectivity index (χ0) is 17.2. The average molecular weight is 338 g/mol. The fourth-order valence-electron chi connectivity index (χ4n) is 3.71. The summed E-state index contributed by atoms with van der Waals surface area (Å²) in [4.78, 5) is 2.24. The summed E-state index contributed by atoms with van der Waals surface area (Å²) in [5.41, 5.74) is 2.70. The van der Waals surface area contributed by atoms with Crippen LogP contribution in [0.2, 0.25) is 0 Å². The molecule has 0 bridgehead atoms. The highest BCUT2D eigenvalue weighted by molar-refractivity contribution is 5.31. The first-order valence-electron chi connectivity index (χ1n) is 8.60. The number of hydrogen-bond acceptors (Lipinski definition) is 1. The van der Waals surface area contributed by atoms with Crippen LogP contribution in [0.4, 0.5) is 8.78 Å². The Hall–Kier alpha value is -2.46. The van der Waals surface area contributed by atoms with Crippen molar-refractivity contribution >= 4 is 0 Å². The van der Waals surface area contributed by atoms with Gasteiger partial charge in [0.1, 0.15) is 11.6 Å². The lowest BCUT2D eigenvalue weighted by Gasteiger charge is -2.30. The number of benzene rings is 2. The van der Waals surface area contributed by atoms with Crippen LogP contribution in [0, 0.1) is 11.6 Å². The molecule has 0 spiro atoms. The third-order valence-corrected chi connectivity index (χ3v) is 4.85. The molecule has 0 saturated carbocycles. The van der Waals surface area contributed by atoms with E-state index in [0.717, 1.165) is 30.8 Å². The Kier molecular flexibility index (Phi) is 4.36. The average Bonchev–Trinajstić information content (AvgIpc) is 2.98. The zero-order valence-electron chi connectivity index (χ0n) is 13.9. The van der Waals surface area contributed by atoms with Crippen LogP contribution in [0.15, 0.2) is 66.9 Å². The van der Waals surface area contributed by atoms with E-state index in [-0.39, 0.29) is 17.7 Å². The molecule has 0 fully saturated rings. The lowest BCUT2D eigenvalue weighted by atomic mass is 10.0. The van der Waals surface area contributed by atoms with Gasteiger partial charge in [-0.05, 0) is 42.3 Å². The molecule has 128 valence electrons. The van der Waals surface area contributed by atoms with Gasteiger partial charge in [0.05, 0.1) is 6.04 Å².